The molecule has 2 heterocycles. The second kappa shape index (κ2) is 4.29. The van der Waals surface area contributed by atoms with Crippen molar-refractivity contribution in [2.45, 2.75) is 76.1 Å². The molecule has 0 radical (unpaired) electrons. The minimum atomic E-state index is -0.240. The van der Waals surface area contributed by atoms with Gasteiger partial charge >= 0.3 is 7.12 Å². The minimum absolute atomic E-state index is 0.169. The van der Waals surface area contributed by atoms with Crippen molar-refractivity contribution in [2.24, 2.45) is 0 Å². The Morgan fingerprint density at radius 2 is 1.61 bits per heavy atom. The van der Waals surface area contributed by atoms with E-state index in [1.807, 2.05) is 11.8 Å². The molecule has 0 aromatic carbocycles. The summed E-state index contributed by atoms with van der Waals surface area (Å²) in [7, 11) is -0.169. The molecule has 1 fully saturated rings. The Kier molecular flexibility index (Phi) is 3.45. The first-order chi connectivity index (χ1) is 8.02. The van der Waals surface area contributed by atoms with Crippen molar-refractivity contribution in [3.63, 3.8) is 0 Å². The van der Waals surface area contributed by atoms with Crippen molar-refractivity contribution >= 4 is 18.9 Å². The maximum atomic E-state index is 6.15. The average Bonchev–Trinajstić information content (AvgIpc) is 2.32. The molecule has 0 saturated carbocycles. The lowest BCUT2D eigenvalue weighted by molar-refractivity contribution is 0.00578. The summed E-state index contributed by atoms with van der Waals surface area (Å²) in [6.07, 6.45) is 3.39. The van der Waals surface area contributed by atoms with Gasteiger partial charge in [-0.15, -0.1) is 11.8 Å². The molecule has 102 valence electrons. The predicted molar refractivity (Wildman–Crippen MR) is 79.9 cm³/mol. The Hall–Kier alpha value is 0.0749. The highest BCUT2D eigenvalue weighted by molar-refractivity contribution is 8.01. The molecule has 0 N–H and O–H groups in total. The van der Waals surface area contributed by atoms with Gasteiger partial charge in [0.15, 0.2) is 0 Å². The zero-order valence-corrected chi connectivity index (χ0v) is 13.5. The lowest BCUT2D eigenvalue weighted by Crippen LogP contribution is -2.41. The molecule has 2 aliphatic rings. The van der Waals surface area contributed by atoms with Crippen LogP contribution in [0.15, 0.2) is 11.5 Å². The summed E-state index contributed by atoms with van der Waals surface area (Å²) in [5.41, 5.74) is 0.831. The van der Waals surface area contributed by atoms with Crippen LogP contribution >= 0.6 is 11.8 Å². The van der Waals surface area contributed by atoms with E-state index in [0.29, 0.717) is 5.25 Å². The molecule has 0 aromatic rings. The highest BCUT2D eigenvalue weighted by Crippen LogP contribution is 2.44. The fourth-order valence-electron chi connectivity index (χ4n) is 2.59. The second-order valence-electron chi connectivity index (χ2n) is 7.04. The molecule has 0 spiro atoms. The van der Waals surface area contributed by atoms with Crippen LogP contribution in [0.2, 0.25) is 0 Å². The first kappa shape index (κ1) is 14.5. The third-order valence-corrected chi connectivity index (χ3v) is 5.41. The lowest BCUT2D eigenvalue weighted by atomic mass is 9.74. The van der Waals surface area contributed by atoms with Gasteiger partial charge in [0.2, 0.25) is 0 Å². The van der Waals surface area contributed by atoms with Crippen molar-refractivity contribution in [3.05, 3.63) is 11.5 Å². The molecule has 2 aliphatic heterocycles. The van der Waals surface area contributed by atoms with E-state index in [4.69, 9.17) is 9.31 Å². The molecule has 2 rings (SSSR count). The zero-order valence-electron chi connectivity index (χ0n) is 12.7. The smallest absolute Gasteiger partial charge is 0.400 e. The van der Waals surface area contributed by atoms with Crippen molar-refractivity contribution < 1.29 is 9.31 Å². The summed E-state index contributed by atoms with van der Waals surface area (Å²) in [6, 6.07) is 0. The quantitative estimate of drug-likeness (QED) is 0.673. The molecule has 1 saturated heterocycles. The van der Waals surface area contributed by atoms with E-state index in [0.717, 1.165) is 6.42 Å². The molecule has 1 unspecified atom stereocenters. The molecule has 18 heavy (non-hydrogen) atoms. The highest BCUT2D eigenvalue weighted by atomic mass is 32.2. The van der Waals surface area contributed by atoms with E-state index >= 15 is 0 Å². The summed E-state index contributed by atoms with van der Waals surface area (Å²) in [6.45, 7) is 15.3. The van der Waals surface area contributed by atoms with Gasteiger partial charge in [0, 0.05) is 10.00 Å². The van der Waals surface area contributed by atoms with Crippen molar-refractivity contribution in [1.82, 2.24) is 0 Å². The van der Waals surface area contributed by atoms with Gasteiger partial charge in [-0.25, -0.2) is 0 Å². The molecular formula is C14H25BO2S. The molecule has 0 amide bonds. The molecule has 0 bridgehead atoms. The summed E-state index contributed by atoms with van der Waals surface area (Å²) < 4.78 is 12.5. The number of allylic oxidation sites excluding steroid dienone is 1. The molecule has 4 heteroatoms. The highest BCUT2D eigenvalue weighted by Gasteiger charge is 2.53. The molecule has 2 nitrogen and oxygen atoms in total. The fraction of sp³-hybridized carbons (Fsp3) is 0.857. The topological polar surface area (TPSA) is 18.5 Å². The van der Waals surface area contributed by atoms with Crippen LogP contribution in [0.1, 0.15) is 54.9 Å². The largest absolute Gasteiger partial charge is 0.490 e. The first-order valence-electron chi connectivity index (χ1n) is 6.77. The number of rotatable bonds is 1. The number of thioether (sulfide) groups is 1. The fourth-order valence-corrected chi connectivity index (χ4v) is 4.12. The van der Waals surface area contributed by atoms with Gasteiger partial charge < -0.3 is 9.31 Å². The van der Waals surface area contributed by atoms with E-state index in [2.05, 4.69) is 54.5 Å². The van der Waals surface area contributed by atoms with E-state index in [1.54, 1.807) is 0 Å². The van der Waals surface area contributed by atoms with E-state index in [1.165, 1.54) is 5.47 Å². The van der Waals surface area contributed by atoms with Crippen LogP contribution in [0.25, 0.3) is 0 Å². The lowest BCUT2D eigenvalue weighted by Gasteiger charge is -2.32. The van der Waals surface area contributed by atoms with E-state index in [-0.39, 0.29) is 23.1 Å². The van der Waals surface area contributed by atoms with E-state index in [9.17, 15) is 0 Å². The van der Waals surface area contributed by atoms with Crippen LogP contribution in [-0.2, 0) is 9.31 Å². The number of hydrogen-bond donors (Lipinski definition) is 0. The van der Waals surface area contributed by atoms with Crippen molar-refractivity contribution in [1.29, 1.82) is 0 Å². The summed E-state index contributed by atoms with van der Waals surface area (Å²) in [4.78, 5) is 0. The zero-order chi connectivity index (χ0) is 13.8. The molecule has 1 atom stereocenters. The van der Waals surface area contributed by atoms with E-state index < -0.39 is 0 Å². The summed E-state index contributed by atoms with van der Waals surface area (Å²) in [5.74, 6) is 0. The summed E-state index contributed by atoms with van der Waals surface area (Å²) >= 11 is 2.02. The third-order valence-electron chi connectivity index (χ3n) is 4.12. The summed E-state index contributed by atoms with van der Waals surface area (Å²) in [5, 5.41) is 0.624. The molecule has 0 aliphatic carbocycles. The van der Waals surface area contributed by atoms with Crippen LogP contribution < -0.4 is 0 Å². The number of hydrogen-bond acceptors (Lipinski definition) is 3. The van der Waals surface area contributed by atoms with Gasteiger partial charge in [-0.1, -0.05) is 13.0 Å². The Bertz CT molecular complexity index is 358. The predicted octanol–water partition coefficient (Wildman–Crippen LogP) is 3.85. The van der Waals surface area contributed by atoms with Crippen LogP contribution in [0.5, 0.6) is 0 Å². The third kappa shape index (κ3) is 2.66. The Labute approximate surface area is 116 Å². The van der Waals surface area contributed by atoms with Crippen molar-refractivity contribution in [3.8, 4) is 0 Å². The molecular weight excluding hydrogens is 243 g/mol. The Balaban J connectivity index is 2.22. The van der Waals surface area contributed by atoms with Crippen molar-refractivity contribution in [2.75, 3.05) is 0 Å². The average molecular weight is 268 g/mol. The minimum Gasteiger partial charge on any atom is -0.400 e. The first-order valence-corrected chi connectivity index (χ1v) is 7.65. The van der Waals surface area contributed by atoms with Crippen LogP contribution in [-0.4, -0.2) is 28.3 Å². The maximum absolute atomic E-state index is 6.15. The van der Waals surface area contributed by atoms with Crippen LogP contribution in [0, 0.1) is 0 Å². The van der Waals surface area contributed by atoms with Crippen LogP contribution in [0.3, 0.4) is 0 Å². The van der Waals surface area contributed by atoms with Crippen LogP contribution in [0.4, 0.5) is 0 Å². The monoisotopic (exact) mass is 268 g/mol. The van der Waals surface area contributed by atoms with Gasteiger partial charge in [0.1, 0.15) is 0 Å². The maximum Gasteiger partial charge on any atom is 0.490 e. The Morgan fingerprint density at radius 3 is 2.06 bits per heavy atom. The standard InChI is InChI=1S/C14H25BO2S/c1-10-8-11(9-12(2,3)18-10)15-16-13(4,5)14(6,7)17-15/h9-10H,8H2,1-7H3. The Morgan fingerprint density at radius 1 is 1.11 bits per heavy atom. The SMILES string of the molecule is CC1CC(B2OC(C)(C)C(C)(C)O2)=CC(C)(C)S1. The molecule has 0 aromatic heterocycles. The van der Waals surface area contributed by atoms with Gasteiger partial charge in [-0.05, 0) is 53.4 Å². The van der Waals surface area contributed by atoms with Gasteiger partial charge in [0.25, 0.3) is 0 Å². The van der Waals surface area contributed by atoms with Gasteiger partial charge in [0.05, 0.1) is 11.2 Å². The van der Waals surface area contributed by atoms with Gasteiger partial charge in [-0.2, -0.15) is 0 Å². The van der Waals surface area contributed by atoms with Gasteiger partial charge in [-0.3, -0.25) is 0 Å². The normalized spacial score (nSPS) is 33.4. The second-order valence-corrected chi connectivity index (χ2v) is 9.14.